The van der Waals surface area contributed by atoms with Crippen molar-refractivity contribution in [2.75, 3.05) is 5.32 Å². The molecule has 0 aliphatic rings. The van der Waals surface area contributed by atoms with Crippen LogP contribution in [-0.4, -0.2) is 18.0 Å². The molecule has 0 spiro atoms. The van der Waals surface area contributed by atoms with E-state index in [4.69, 9.17) is 4.42 Å². The summed E-state index contributed by atoms with van der Waals surface area (Å²) in [6.07, 6.45) is 0. The first-order valence-corrected chi connectivity index (χ1v) is 8.96. The van der Waals surface area contributed by atoms with Crippen molar-refractivity contribution in [1.82, 2.24) is 10.6 Å². The van der Waals surface area contributed by atoms with Crippen molar-refractivity contribution in [3.05, 3.63) is 65.7 Å². The maximum absolute atomic E-state index is 13.5. The summed E-state index contributed by atoms with van der Waals surface area (Å²) in [6.45, 7) is 5.17. The van der Waals surface area contributed by atoms with Crippen molar-refractivity contribution < 1.29 is 18.4 Å². The van der Waals surface area contributed by atoms with Gasteiger partial charge in [0.15, 0.2) is 0 Å². The van der Waals surface area contributed by atoms with Gasteiger partial charge in [0.25, 0.3) is 0 Å². The first kappa shape index (κ1) is 19.4. The van der Waals surface area contributed by atoms with Gasteiger partial charge in [-0.15, -0.1) is 0 Å². The molecule has 1 aromatic heterocycles. The van der Waals surface area contributed by atoms with Gasteiger partial charge in [-0.05, 0) is 51.1 Å². The third-order valence-corrected chi connectivity index (χ3v) is 4.46. The molecule has 0 radical (unpaired) electrons. The number of carbonyl (C=O) groups excluding carboxylic acids is 2. The molecule has 3 N–H and O–H groups in total. The Morgan fingerprint density at radius 2 is 1.75 bits per heavy atom. The predicted octanol–water partition coefficient (Wildman–Crippen LogP) is 4.27. The van der Waals surface area contributed by atoms with Gasteiger partial charge in [0.2, 0.25) is 5.91 Å². The Morgan fingerprint density at radius 3 is 2.46 bits per heavy atom. The molecule has 7 heteroatoms. The summed E-state index contributed by atoms with van der Waals surface area (Å²) in [5.41, 5.74) is 1.97. The molecule has 6 nitrogen and oxygen atoms in total. The minimum Gasteiger partial charge on any atom is -0.459 e. The fourth-order valence-corrected chi connectivity index (χ4v) is 2.96. The maximum atomic E-state index is 13.5. The van der Waals surface area contributed by atoms with Crippen LogP contribution in [0.4, 0.5) is 14.9 Å². The van der Waals surface area contributed by atoms with Crippen LogP contribution in [0.1, 0.15) is 31.2 Å². The molecule has 1 heterocycles. The van der Waals surface area contributed by atoms with Crippen molar-refractivity contribution in [3.8, 4) is 0 Å². The van der Waals surface area contributed by atoms with Crippen LogP contribution < -0.4 is 16.0 Å². The molecule has 28 heavy (non-hydrogen) atoms. The van der Waals surface area contributed by atoms with Crippen molar-refractivity contribution in [1.29, 1.82) is 0 Å². The summed E-state index contributed by atoms with van der Waals surface area (Å²) in [7, 11) is 0. The summed E-state index contributed by atoms with van der Waals surface area (Å²) in [5.74, 6) is -0.138. The highest BCUT2D eigenvalue weighted by Gasteiger charge is 2.21. The molecular formula is C21H22FN3O3. The predicted molar refractivity (Wildman–Crippen MR) is 106 cm³/mol. The number of halogens is 1. The molecule has 3 amide bonds. The molecule has 146 valence electrons. The molecule has 3 rings (SSSR count). The van der Waals surface area contributed by atoms with E-state index in [9.17, 15) is 14.0 Å². The number of benzene rings is 2. The highest BCUT2D eigenvalue weighted by Crippen LogP contribution is 2.29. The van der Waals surface area contributed by atoms with Crippen LogP contribution in [0, 0.1) is 12.7 Å². The Balaban J connectivity index is 1.61. The Labute approximate surface area is 162 Å². The topological polar surface area (TPSA) is 83.4 Å². The zero-order valence-corrected chi connectivity index (χ0v) is 15.9. The number of hydrogen-bond acceptors (Lipinski definition) is 3. The van der Waals surface area contributed by atoms with Crippen molar-refractivity contribution in [2.24, 2.45) is 0 Å². The number of rotatable bonds is 5. The number of fused-ring (bicyclic) bond motifs is 1. The van der Waals surface area contributed by atoms with Gasteiger partial charge in [0.1, 0.15) is 23.2 Å². The van der Waals surface area contributed by atoms with Crippen LogP contribution in [0.15, 0.2) is 52.9 Å². The van der Waals surface area contributed by atoms with Gasteiger partial charge in [-0.3, -0.25) is 4.79 Å². The van der Waals surface area contributed by atoms with E-state index in [1.54, 1.807) is 32.0 Å². The van der Waals surface area contributed by atoms with Gasteiger partial charge in [-0.1, -0.05) is 18.2 Å². The van der Waals surface area contributed by atoms with E-state index in [1.165, 1.54) is 12.1 Å². The molecule has 2 aromatic carbocycles. The van der Waals surface area contributed by atoms with Crippen molar-refractivity contribution >= 4 is 28.6 Å². The van der Waals surface area contributed by atoms with Crippen LogP contribution in [0.3, 0.4) is 0 Å². The summed E-state index contributed by atoms with van der Waals surface area (Å²) in [4.78, 5) is 24.5. The monoisotopic (exact) mass is 383 g/mol. The third kappa shape index (κ3) is 4.31. The highest BCUT2D eigenvalue weighted by atomic mass is 19.1. The lowest BCUT2D eigenvalue weighted by atomic mass is 10.1. The lowest BCUT2D eigenvalue weighted by Gasteiger charge is -2.17. The van der Waals surface area contributed by atoms with Gasteiger partial charge in [-0.25, -0.2) is 9.18 Å². The number of amides is 3. The van der Waals surface area contributed by atoms with Crippen LogP contribution in [0.25, 0.3) is 11.0 Å². The average molecular weight is 383 g/mol. The summed E-state index contributed by atoms with van der Waals surface area (Å²) in [6, 6.07) is 11.6. The van der Waals surface area contributed by atoms with Gasteiger partial charge in [0, 0.05) is 16.6 Å². The minimum atomic E-state index is -0.738. The van der Waals surface area contributed by atoms with Crippen molar-refractivity contribution in [3.63, 3.8) is 0 Å². The molecule has 0 saturated heterocycles. The van der Waals surface area contributed by atoms with Crippen LogP contribution >= 0.6 is 0 Å². The third-order valence-electron chi connectivity index (χ3n) is 4.46. The van der Waals surface area contributed by atoms with E-state index in [-0.39, 0.29) is 11.7 Å². The first-order chi connectivity index (χ1) is 13.3. The normalized spacial score (nSPS) is 13.0. The lowest BCUT2D eigenvalue weighted by Crippen LogP contribution is -2.46. The number of hydrogen-bond donors (Lipinski definition) is 3. The number of nitrogens with one attached hydrogen (secondary N) is 3. The van der Waals surface area contributed by atoms with E-state index in [0.29, 0.717) is 22.4 Å². The summed E-state index contributed by atoms with van der Waals surface area (Å²) >= 11 is 0. The molecule has 0 fully saturated rings. The standard InChI is InChI=1S/C21H22FN3O3/c1-12-17-11-15(22)9-10-18(17)28-19(12)13(2)23-21(27)24-14(3)20(26)25-16-7-5-4-6-8-16/h4-11,13-14H,1-3H3,(H,25,26)(H2,23,24,27). The Hall–Kier alpha value is -3.35. The van der Waals surface area contributed by atoms with Crippen LogP contribution in [-0.2, 0) is 4.79 Å². The van der Waals surface area contributed by atoms with Crippen LogP contribution in [0.5, 0.6) is 0 Å². The van der Waals surface area contributed by atoms with Gasteiger partial charge in [0.05, 0.1) is 6.04 Å². The average Bonchev–Trinajstić information content (AvgIpc) is 2.98. The zero-order chi connectivity index (χ0) is 20.3. The molecule has 0 bridgehead atoms. The molecule has 2 unspecified atom stereocenters. The number of carbonyl (C=O) groups is 2. The number of para-hydroxylation sites is 1. The molecule has 0 aliphatic carbocycles. The first-order valence-electron chi connectivity index (χ1n) is 8.96. The summed E-state index contributed by atoms with van der Waals surface area (Å²) < 4.78 is 19.2. The quantitative estimate of drug-likeness (QED) is 0.615. The molecule has 3 aromatic rings. The largest absolute Gasteiger partial charge is 0.459 e. The zero-order valence-electron chi connectivity index (χ0n) is 15.9. The fourth-order valence-electron chi connectivity index (χ4n) is 2.96. The highest BCUT2D eigenvalue weighted by molar-refractivity contribution is 5.96. The minimum absolute atomic E-state index is 0.329. The number of anilines is 1. The van der Waals surface area contributed by atoms with E-state index in [2.05, 4.69) is 16.0 Å². The Morgan fingerprint density at radius 1 is 1.04 bits per heavy atom. The molecule has 2 atom stereocenters. The maximum Gasteiger partial charge on any atom is 0.316 e. The fraction of sp³-hybridized carbons (Fsp3) is 0.238. The number of aryl methyl sites for hydroxylation is 1. The van der Waals surface area contributed by atoms with Gasteiger partial charge < -0.3 is 20.4 Å². The van der Waals surface area contributed by atoms with E-state index in [1.807, 2.05) is 25.1 Å². The lowest BCUT2D eigenvalue weighted by molar-refractivity contribution is -0.117. The smallest absolute Gasteiger partial charge is 0.316 e. The van der Waals surface area contributed by atoms with Crippen LogP contribution in [0.2, 0.25) is 0 Å². The van der Waals surface area contributed by atoms with Gasteiger partial charge in [-0.2, -0.15) is 0 Å². The molecular weight excluding hydrogens is 361 g/mol. The molecule has 0 saturated carbocycles. The van der Waals surface area contributed by atoms with E-state index >= 15 is 0 Å². The second kappa shape index (κ2) is 8.12. The van der Waals surface area contributed by atoms with E-state index in [0.717, 1.165) is 5.56 Å². The second-order valence-corrected chi connectivity index (χ2v) is 6.65. The number of furan rings is 1. The Bertz CT molecular complexity index is 1000. The SMILES string of the molecule is Cc1c(C(C)NC(=O)NC(C)C(=O)Nc2ccccc2)oc2ccc(F)cc12. The van der Waals surface area contributed by atoms with E-state index < -0.39 is 18.1 Å². The molecule has 0 aliphatic heterocycles. The number of urea groups is 1. The van der Waals surface area contributed by atoms with Gasteiger partial charge >= 0.3 is 6.03 Å². The Kier molecular flexibility index (Phi) is 5.63. The van der Waals surface area contributed by atoms with Crippen molar-refractivity contribution in [2.45, 2.75) is 32.9 Å². The summed E-state index contributed by atoms with van der Waals surface area (Å²) in [5, 5.41) is 8.74. The second-order valence-electron chi connectivity index (χ2n) is 6.65.